The molecule has 0 saturated heterocycles. The van der Waals surface area contributed by atoms with E-state index in [0.717, 1.165) is 36.6 Å². The fourth-order valence-electron chi connectivity index (χ4n) is 2.87. The Kier molecular flexibility index (Phi) is 3.75. The first-order valence-corrected chi connectivity index (χ1v) is 7.35. The van der Waals surface area contributed by atoms with Crippen molar-refractivity contribution in [3.63, 3.8) is 0 Å². The zero-order valence-electron chi connectivity index (χ0n) is 11.9. The predicted octanol–water partition coefficient (Wildman–Crippen LogP) is 2.02. The number of primary amides is 1. The summed E-state index contributed by atoms with van der Waals surface area (Å²) in [7, 11) is 0. The molecule has 0 aliphatic heterocycles. The summed E-state index contributed by atoms with van der Waals surface area (Å²) in [6.07, 6.45) is 3.98. The van der Waals surface area contributed by atoms with Gasteiger partial charge in [0.15, 0.2) is 0 Å². The van der Waals surface area contributed by atoms with E-state index in [-0.39, 0.29) is 0 Å². The molecule has 0 bridgehead atoms. The van der Waals surface area contributed by atoms with E-state index in [9.17, 15) is 4.79 Å². The third kappa shape index (κ3) is 2.97. The van der Waals surface area contributed by atoms with Crippen molar-refractivity contribution < 1.29 is 4.79 Å². The molecule has 110 valence electrons. The van der Waals surface area contributed by atoms with Crippen molar-refractivity contribution in [1.82, 2.24) is 4.98 Å². The van der Waals surface area contributed by atoms with Gasteiger partial charge in [-0.25, -0.2) is 4.98 Å². The Hall–Kier alpha value is -2.14. The lowest BCUT2D eigenvalue weighted by molar-refractivity contribution is 0.100. The molecule has 0 unspecified atom stereocenters. The number of hydrogen-bond acceptors (Lipinski definition) is 4. The van der Waals surface area contributed by atoms with Crippen LogP contribution in [0.4, 0.5) is 5.82 Å². The van der Waals surface area contributed by atoms with Crippen LogP contribution in [0.25, 0.3) is 10.9 Å². The Bertz CT molecular complexity index is 662. The molecule has 1 amide bonds. The van der Waals surface area contributed by atoms with Gasteiger partial charge in [0.25, 0.3) is 5.91 Å². The van der Waals surface area contributed by atoms with Crippen molar-refractivity contribution in [2.24, 2.45) is 11.5 Å². The number of amides is 1. The first-order chi connectivity index (χ1) is 10.1. The second kappa shape index (κ2) is 5.69. The van der Waals surface area contributed by atoms with Gasteiger partial charge in [-0.05, 0) is 37.8 Å². The number of nitrogens with zero attached hydrogens (tertiary/aromatic N) is 1. The number of nitrogens with two attached hydrogens (primary N) is 2. The van der Waals surface area contributed by atoms with Crippen LogP contribution in [0, 0.1) is 0 Å². The van der Waals surface area contributed by atoms with E-state index in [4.69, 9.17) is 11.5 Å². The Labute approximate surface area is 123 Å². The number of aromatic nitrogens is 1. The van der Waals surface area contributed by atoms with Gasteiger partial charge >= 0.3 is 0 Å². The summed E-state index contributed by atoms with van der Waals surface area (Å²) in [6.45, 7) is 0. The maximum Gasteiger partial charge on any atom is 0.252 e. The molecule has 1 heterocycles. The number of pyridine rings is 1. The molecule has 0 atom stereocenters. The number of anilines is 1. The minimum atomic E-state index is -0.455. The van der Waals surface area contributed by atoms with Crippen molar-refractivity contribution in [2.45, 2.75) is 37.8 Å². The standard InChI is InChI=1S/C16H20N4O/c17-11-5-7-12(8-6-11)19-16-13(15(18)21)9-10-3-1-2-4-14(10)20-16/h1-4,9,11-12H,5-8,17H2,(H2,18,21)(H,19,20). The maximum atomic E-state index is 11.7. The van der Waals surface area contributed by atoms with Crippen LogP contribution in [-0.4, -0.2) is 23.0 Å². The SMILES string of the molecule is NC(=O)c1cc2ccccc2nc1NC1CCC(N)CC1. The highest BCUT2D eigenvalue weighted by atomic mass is 16.1. The number of nitrogens with one attached hydrogen (secondary N) is 1. The molecule has 1 aliphatic rings. The fourth-order valence-corrected chi connectivity index (χ4v) is 2.87. The van der Waals surface area contributed by atoms with Gasteiger partial charge in [-0.15, -0.1) is 0 Å². The van der Waals surface area contributed by atoms with E-state index in [1.807, 2.05) is 30.3 Å². The van der Waals surface area contributed by atoms with Crippen LogP contribution in [0.2, 0.25) is 0 Å². The molecule has 0 radical (unpaired) electrons. The summed E-state index contributed by atoms with van der Waals surface area (Å²) in [5.74, 6) is 0.130. The van der Waals surface area contributed by atoms with Gasteiger partial charge in [0.05, 0.1) is 11.1 Å². The summed E-state index contributed by atoms with van der Waals surface area (Å²) in [5.41, 5.74) is 12.7. The number of fused-ring (bicyclic) bond motifs is 1. The number of para-hydroxylation sites is 1. The Morgan fingerprint density at radius 2 is 1.90 bits per heavy atom. The number of hydrogen-bond donors (Lipinski definition) is 3. The summed E-state index contributed by atoms with van der Waals surface area (Å²) in [4.78, 5) is 16.2. The largest absolute Gasteiger partial charge is 0.367 e. The summed E-state index contributed by atoms with van der Waals surface area (Å²) < 4.78 is 0. The van der Waals surface area contributed by atoms with Gasteiger partial charge in [-0.2, -0.15) is 0 Å². The lowest BCUT2D eigenvalue weighted by Crippen LogP contribution is -2.33. The van der Waals surface area contributed by atoms with E-state index in [1.165, 1.54) is 0 Å². The van der Waals surface area contributed by atoms with Crippen LogP contribution in [0.1, 0.15) is 36.0 Å². The number of carbonyl (C=O) groups excluding carboxylic acids is 1. The van der Waals surface area contributed by atoms with Crippen LogP contribution < -0.4 is 16.8 Å². The van der Waals surface area contributed by atoms with E-state index >= 15 is 0 Å². The molecule has 2 aromatic rings. The number of rotatable bonds is 3. The van der Waals surface area contributed by atoms with Gasteiger partial charge in [0.2, 0.25) is 0 Å². The normalized spacial score (nSPS) is 22.1. The maximum absolute atomic E-state index is 11.7. The average molecular weight is 284 g/mol. The van der Waals surface area contributed by atoms with Crippen molar-refractivity contribution in [3.05, 3.63) is 35.9 Å². The summed E-state index contributed by atoms with van der Waals surface area (Å²) >= 11 is 0. The molecule has 21 heavy (non-hydrogen) atoms. The van der Waals surface area contributed by atoms with Gasteiger partial charge in [0.1, 0.15) is 5.82 Å². The van der Waals surface area contributed by atoms with Crippen LogP contribution in [0.5, 0.6) is 0 Å². The van der Waals surface area contributed by atoms with Crippen LogP contribution in [0.3, 0.4) is 0 Å². The molecule has 1 saturated carbocycles. The molecule has 1 aromatic carbocycles. The van der Waals surface area contributed by atoms with Crippen molar-refractivity contribution >= 4 is 22.6 Å². The number of carbonyl (C=O) groups is 1. The molecule has 5 heteroatoms. The third-order valence-corrected chi connectivity index (χ3v) is 4.10. The molecular weight excluding hydrogens is 264 g/mol. The van der Waals surface area contributed by atoms with Crippen LogP contribution in [0.15, 0.2) is 30.3 Å². The highest BCUT2D eigenvalue weighted by Crippen LogP contribution is 2.25. The quantitative estimate of drug-likeness (QED) is 0.803. The molecule has 5 N–H and O–H groups in total. The zero-order valence-corrected chi connectivity index (χ0v) is 11.9. The Balaban J connectivity index is 1.92. The topological polar surface area (TPSA) is 94.0 Å². The molecule has 1 fully saturated rings. The molecule has 0 spiro atoms. The van der Waals surface area contributed by atoms with Crippen molar-refractivity contribution in [2.75, 3.05) is 5.32 Å². The zero-order chi connectivity index (χ0) is 14.8. The Morgan fingerprint density at radius 1 is 1.19 bits per heavy atom. The predicted molar refractivity (Wildman–Crippen MR) is 84.1 cm³/mol. The van der Waals surface area contributed by atoms with Gasteiger partial charge in [-0.1, -0.05) is 18.2 Å². The molecule has 3 rings (SSSR count). The van der Waals surface area contributed by atoms with E-state index in [2.05, 4.69) is 10.3 Å². The van der Waals surface area contributed by atoms with E-state index in [0.29, 0.717) is 23.5 Å². The molecular formula is C16H20N4O. The van der Waals surface area contributed by atoms with Crippen molar-refractivity contribution in [1.29, 1.82) is 0 Å². The third-order valence-electron chi connectivity index (χ3n) is 4.10. The second-order valence-corrected chi connectivity index (χ2v) is 5.70. The summed E-state index contributed by atoms with van der Waals surface area (Å²) in [5, 5.41) is 4.29. The van der Waals surface area contributed by atoms with E-state index in [1.54, 1.807) is 0 Å². The average Bonchev–Trinajstić information content (AvgIpc) is 2.48. The lowest BCUT2D eigenvalue weighted by Gasteiger charge is -2.27. The molecule has 5 nitrogen and oxygen atoms in total. The number of benzene rings is 1. The first kappa shape index (κ1) is 13.8. The van der Waals surface area contributed by atoms with Gasteiger partial charge < -0.3 is 16.8 Å². The Morgan fingerprint density at radius 3 is 2.62 bits per heavy atom. The molecule has 1 aliphatic carbocycles. The second-order valence-electron chi connectivity index (χ2n) is 5.70. The van der Waals surface area contributed by atoms with Gasteiger partial charge in [0, 0.05) is 17.5 Å². The smallest absolute Gasteiger partial charge is 0.252 e. The minimum Gasteiger partial charge on any atom is -0.367 e. The minimum absolute atomic E-state index is 0.295. The fraction of sp³-hybridized carbons (Fsp3) is 0.375. The highest BCUT2D eigenvalue weighted by molar-refractivity contribution is 6.01. The van der Waals surface area contributed by atoms with Crippen LogP contribution in [-0.2, 0) is 0 Å². The molecule has 1 aromatic heterocycles. The summed E-state index contributed by atoms with van der Waals surface area (Å²) in [6, 6.07) is 10.1. The van der Waals surface area contributed by atoms with E-state index < -0.39 is 5.91 Å². The highest BCUT2D eigenvalue weighted by Gasteiger charge is 2.21. The van der Waals surface area contributed by atoms with Gasteiger partial charge in [-0.3, -0.25) is 4.79 Å². The monoisotopic (exact) mass is 284 g/mol. The van der Waals surface area contributed by atoms with Crippen molar-refractivity contribution in [3.8, 4) is 0 Å². The lowest BCUT2D eigenvalue weighted by atomic mass is 9.91. The van der Waals surface area contributed by atoms with Crippen LogP contribution >= 0.6 is 0 Å². The first-order valence-electron chi connectivity index (χ1n) is 7.35.